The fraction of sp³-hybridized carbons (Fsp3) is 0.312. The van der Waals surface area contributed by atoms with Crippen molar-refractivity contribution in [2.45, 2.75) is 26.4 Å². The zero-order chi connectivity index (χ0) is 17.5. The summed E-state index contributed by atoms with van der Waals surface area (Å²) >= 11 is 0. The lowest BCUT2D eigenvalue weighted by molar-refractivity contribution is -0.136. The number of hydrogen-bond acceptors (Lipinski definition) is 5. The van der Waals surface area contributed by atoms with Crippen LogP contribution in [0.4, 0.5) is 4.79 Å². The van der Waals surface area contributed by atoms with Gasteiger partial charge in [-0.2, -0.15) is 0 Å². The third-order valence-electron chi connectivity index (χ3n) is 2.42. The van der Waals surface area contributed by atoms with Crippen LogP contribution in [0, 0.1) is 0 Å². The molecule has 0 bridgehead atoms. The Morgan fingerprint density at radius 3 is 2.22 bits per heavy atom. The van der Waals surface area contributed by atoms with Crippen LogP contribution in [0.3, 0.4) is 0 Å². The molecule has 0 aliphatic rings. The first-order chi connectivity index (χ1) is 10.7. The van der Waals surface area contributed by atoms with Crippen molar-refractivity contribution in [3.05, 3.63) is 47.8 Å². The Balaban J connectivity index is 2.80. The molecular weight excluding hydrogens is 300 g/mol. The summed E-state index contributed by atoms with van der Waals surface area (Å²) in [6, 6.07) is 8.32. The minimum absolute atomic E-state index is 0.216. The van der Waals surface area contributed by atoms with Crippen LogP contribution >= 0.6 is 0 Å². The van der Waals surface area contributed by atoms with E-state index in [1.165, 1.54) is 7.11 Å². The molecule has 0 unspecified atom stereocenters. The second-order valence-corrected chi connectivity index (χ2v) is 5.52. The van der Waals surface area contributed by atoms with E-state index in [0.717, 1.165) is 6.20 Å². The second-order valence-electron chi connectivity index (χ2n) is 5.52. The first-order valence-electron chi connectivity index (χ1n) is 6.87. The van der Waals surface area contributed by atoms with E-state index in [0.29, 0.717) is 5.56 Å². The van der Waals surface area contributed by atoms with Crippen LogP contribution in [0.1, 0.15) is 31.1 Å². The van der Waals surface area contributed by atoms with Crippen LogP contribution in [0.15, 0.2) is 42.2 Å². The molecule has 0 heterocycles. The normalized spacial score (nSPS) is 11.4. The van der Waals surface area contributed by atoms with Crippen LogP contribution in [0.5, 0.6) is 0 Å². The molecule has 0 fully saturated rings. The standard InChI is InChI=1S/C16H20N2O5/c1-16(2,3)23-15(21)17-10-12(14(20)22-4)18-13(19)11-8-6-5-7-9-11/h5-10H,1-4H3,(H,17,21)(H,18,19)/b12-10+. The van der Waals surface area contributed by atoms with Crippen molar-refractivity contribution < 1.29 is 23.9 Å². The Hall–Kier alpha value is -2.83. The highest BCUT2D eigenvalue weighted by molar-refractivity contribution is 6.01. The number of nitrogens with one attached hydrogen (secondary N) is 2. The Morgan fingerprint density at radius 1 is 1.09 bits per heavy atom. The fourth-order valence-electron chi connectivity index (χ4n) is 1.48. The van der Waals surface area contributed by atoms with Gasteiger partial charge in [-0.1, -0.05) is 18.2 Å². The first-order valence-corrected chi connectivity index (χ1v) is 6.87. The van der Waals surface area contributed by atoms with E-state index in [2.05, 4.69) is 15.4 Å². The number of benzene rings is 1. The highest BCUT2D eigenvalue weighted by Gasteiger charge is 2.18. The first kappa shape index (κ1) is 18.2. The molecule has 2 N–H and O–H groups in total. The zero-order valence-electron chi connectivity index (χ0n) is 13.5. The van der Waals surface area contributed by atoms with Crippen molar-refractivity contribution in [2.24, 2.45) is 0 Å². The van der Waals surface area contributed by atoms with Crippen LogP contribution in [0.2, 0.25) is 0 Å². The van der Waals surface area contributed by atoms with E-state index >= 15 is 0 Å². The van der Waals surface area contributed by atoms with Gasteiger partial charge in [-0.25, -0.2) is 9.59 Å². The third kappa shape index (κ3) is 6.64. The number of carbonyl (C=O) groups excluding carboxylic acids is 3. The minimum atomic E-state index is -0.801. The quantitative estimate of drug-likeness (QED) is 0.653. The van der Waals surface area contributed by atoms with Crippen molar-refractivity contribution in [1.82, 2.24) is 10.6 Å². The maximum Gasteiger partial charge on any atom is 0.411 e. The van der Waals surface area contributed by atoms with Crippen LogP contribution < -0.4 is 10.6 Å². The molecule has 0 saturated carbocycles. The maximum absolute atomic E-state index is 12.0. The predicted molar refractivity (Wildman–Crippen MR) is 83.4 cm³/mol. The molecule has 0 aliphatic carbocycles. The van der Waals surface area contributed by atoms with Gasteiger partial charge in [0, 0.05) is 11.8 Å². The SMILES string of the molecule is COC(=O)/C(=C\NC(=O)OC(C)(C)C)NC(=O)c1ccccc1. The van der Waals surface area contributed by atoms with Crippen molar-refractivity contribution >= 4 is 18.0 Å². The van der Waals surface area contributed by atoms with Crippen molar-refractivity contribution in [1.29, 1.82) is 0 Å². The molecule has 1 aromatic rings. The Labute approximate surface area is 134 Å². The topological polar surface area (TPSA) is 93.7 Å². The van der Waals surface area contributed by atoms with Crippen molar-refractivity contribution in [3.63, 3.8) is 0 Å². The smallest absolute Gasteiger partial charge is 0.411 e. The average molecular weight is 320 g/mol. The molecule has 0 radical (unpaired) electrons. The number of carbonyl (C=O) groups is 3. The van der Waals surface area contributed by atoms with Gasteiger partial charge in [-0.05, 0) is 32.9 Å². The number of amides is 2. The lowest BCUT2D eigenvalue weighted by Crippen LogP contribution is -2.33. The Kier molecular flexibility index (Phi) is 6.32. The van der Waals surface area contributed by atoms with Crippen LogP contribution in [0.25, 0.3) is 0 Å². The van der Waals surface area contributed by atoms with Gasteiger partial charge in [-0.15, -0.1) is 0 Å². The van der Waals surface area contributed by atoms with E-state index in [9.17, 15) is 14.4 Å². The highest BCUT2D eigenvalue weighted by Crippen LogP contribution is 2.06. The van der Waals surface area contributed by atoms with Crippen LogP contribution in [-0.2, 0) is 14.3 Å². The van der Waals surface area contributed by atoms with Gasteiger partial charge in [0.25, 0.3) is 5.91 Å². The lowest BCUT2D eigenvalue weighted by atomic mass is 10.2. The molecule has 7 heteroatoms. The van der Waals surface area contributed by atoms with E-state index in [1.54, 1.807) is 51.1 Å². The average Bonchev–Trinajstić information content (AvgIpc) is 2.49. The van der Waals surface area contributed by atoms with Gasteiger partial charge in [0.2, 0.25) is 0 Å². The van der Waals surface area contributed by atoms with Gasteiger partial charge in [-0.3, -0.25) is 10.1 Å². The molecule has 0 aromatic heterocycles. The zero-order valence-corrected chi connectivity index (χ0v) is 13.5. The molecule has 23 heavy (non-hydrogen) atoms. The number of methoxy groups -OCH3 is 1. The number of rotatable bonds is 4. The number of ether oxygens (including phenoxy) is 2. The van der Waals surface area contributed by atoms with E-state index in [4.69, 9.17) is 4.74 Å². The van der Waals surface area contributed by atoms with Gasteiger partial charge in [0.05, 0.1) is 7.11 Å². The van der Waals surface area contributed by atoms with E-state index < -0.39 is 23.6 Å². The summed E-state index contributed by atoms with van der Waals surface area (Å²) in [5.74, 6) is -1.31. The number of esters is 1. The molecule has 0 saturated heterocycles. The number of hydrogen-bond donors (Lipinski definition) is 2. The summed E-state index contributed by atoms with van der Waals surface area (Å²) in [7, 11) is 1.17. The summed E-state index contributed by atoms with van der Waals surface area (Å²) in [5, 5.41) is 4.65. The molecule has 0 aliphatic heterocycles. The minimum Gasteiger partial charge on any atom is -0.464 e. The molecule has 2 amide bonds. The van der Waals surface area contributed by atoms with Crippen molar-refractivity contribution in [3.8, 4) is 0 Å². The fourth-order valence-corrected chi connectivity index (χ4v) is 1.48. The van der Waals surface area contributed by atoms with Crippen molar-refractivity contribution in [2.75, 3.05) is 7.11 Å². The van der Waals surface area contributed by atoms with E-state index in [-0.39, 0.29) is 5.70 Å². The second kappa shape index (κ2) is 7.98. The van der Waals surface area contributed by atoms with Crippen LogP contribution in [-0.4, -0.2) is 30.7 Å². The van der Waals surface area contributed by atoms with E-state index in [1.807, 2.05) is 0 Å². The largest absolute Gasteiger partial charge is 0.464 e. The summed E-state index contributed by atoms with van der Waals surface area (Å²) < 4.78 is 9.60. The molecule has 7 nitrogen and oxygen atoms in total. The maximum atomic E-state index is 12.0. The summed E-state index contributed by atoms with van der Waals surface area (Å²) in [6.07, 6.45) is 0.272. The van der Waals surface area contributed by atoms with Gasteiger partial charge in [0.15, 0.2) is 0 Å². The molecule has 0 spiro atoms. The molecular formula is C16H20N2O5. The summed E-state index contributed by atoms with van der Waals surface area (Å²) in [5.41, 5.74) is -0.539. The highest BCUT2D eigenvalue weighted by atomic mass is 16.6. The third-order valence-corrected chi connectivity index (χ3v) is 2.42. The van der Waals surface area contributed by atoms with Gasteiger partial charge < -0.3 is 14.8 Å². The summed E-state index contributed by atoms with van der Waals surface area (Å²) in [4.78, 5) is 35.3. The summed E-state index contributed by atoms with van der Waals surface area (Å²) in [6.45, 7) is 5.11. The monoisotopic (exact) mass is 320 g/mol. The Bertz CT molecular complexity index is 603. The Morgan fingerprint density at radius 2 is 1.70 bits per heavy atom. The van der Waals surface area contributed by atoms with Gasteiger partial charge in [0.1, 0.15) is 11.3 Å². The number of alkyl carbamates (subject to hydrolysis) is 1. The molecule has 1 rings (SSSR count). The molecule has 124 valence electrons. The molecule has 1 aromatic carbocycles. The lowest BCUT2D eigenvalue weighted by Gasteiger charge is -2.19. The predicted octanol–water partition coefficient (Wildman–Crippen LogP) is 1.96. The van der Waals surface area contributed by atoms with Gasteiger partial charge >= 0.3 is 12.1 Å². The molecule has 0 atom stereocenters.